The number of para-hydroxylation sites is 2. The van der Waals surface area contributed by atoms with Crippen LogP contribution in [-0.2, 0) is 0 Å². The monoisotopic (exact) mass is 772 g/mol. The van der Waals surface area contributed by atoms with E-state index in [0.29, 0.717) is 0 Å². The minimum Gasteiger partial charge on any atom is -0.310 e. The normalized spacial score (nSPS) is 11.6. The Kier molecular flexibility index (Phi) is 8.49. The largest absolute Gasteiger partial charge is 0.310 e. The highest BCUT2D eigenvalue weighted by Crippen LogP contribution is 2.48. The summed E-state index contributed by atoms with van der Waals surface area (Å²) in [7, 11) is 0. The summed E-state index contributed by atoms with van der Waals surface area (Å²) in [6, 6.07) is 75.4. The Hall–Kier alpha value is -7.20. The average Bonchev–Trinajstić information content (AvgIpc) is 3.84. The maximum Gasteiger partial charge on any atom is 0.0634 e. The highest BCUT2D eigenvalue weighted by molar-refractivity contribution is 7.26. The first kappa shape index (κ1) is 35.0. The van der Waals surface area contributed by atoms with Crippen LogP contribution in [0.3, 0.4) is 0 Å². The van der Waals surface area contributed by atoms with Crippen LogP contribution in [0.4, 0.5) is 17.1 Å². The summed E-state index contributed by atoms with van der Waals surface area (Å²) in [5, 5.41) is 5.13. The van der Waals surface area contributed by atoms with E-state index < -0.39 is 0 Å². The maximum absolute atomic E-state index is 2.47. The van der Waals surface area contributed by atoms with Crippen LogP contribution >= 0.6 is 11.3 Å². The van der Waals surface area contributed by atoms with Crippen molar-refractivity contribution in [2.24, 2.45) is 0 Å². The van der Waals surface area contributed by atoms with Crippen molar-refractivity contribution in [1.82, 2.24) is 4.57 Å². The lowest BCUT2D eigenvalue weighted by Gasteiger charge is -2.27. The van der Waals surface area contributed by atoms with Crippen molar-refractivity contribution in [1.29, 1.82) is 0 Å². The molecular weight excluding hydrogens is 733 g/mol. The third kappa shape index (κ3) is 5.93. The number of aryl methyl sites for hydroxylation is 2. The molecule has 11 rings (SSSR count). The molecule has 2 nitrogen and oxygen atoms in total. The fourth-order valence-electron chi connectivity index (χ4n) is 8.98. The van der Waals surface area contributed by atoms with Crippen LogP contribution in [0, 0.1) is 13.8 Å². The lowest BCUT2D eigenvalue weighted by atomic mass is 9.95. The van der Waals surface area contributed by atoms with Crippen molar-refractivity contribution in [2.75, 3.05) is 4.90 Å². The first-order valence-corrected chi connectivity index (χ1v) is 21.1. The van der Waals surface area contributed by atoms with Crippen LogP contribution in [0.1, 0.15) is 11.1 Å². The first-order chi connectivity index (χ1) is 29.1. The number of benzene rings is 9. The van der Waals surface area contributed by atoms with Crippen LogP contribution in [-0.4, -0.2) is 4.57 Å². The van der Waals surface area contributed by atoms with E-state index >= 15 is 0 Å². The maximum atomic E-state index is 2.47. The number of thiophene rings is 1. The van der Waals surface area contributed by atoms with Gasteiger partial charge in [0.15, 0.2) is 0 Å². The van der Waals surface area contributed by atoms with E-state index in [4.69, 9.17) is 0 Å². The van der Waals surface area contributed by atoms with E-state index in [2.05, 4.69) is 230 Å². The molecule has 59 heavy (non-hydrogen) atoms. The van der Waals surface area contributed by atoms with Gasteiger partial charge in [-0.3, -0.25) is 0 Å². The summed E-state index contributed by atoms with van der Waals surface area (Å²) >= 11 is 1.89. The van der Waals surface area contributed by atoms with Crippen molar-refractivity contribution in [2.45, 2.75) is 13.8 Å². The average molecular weight is 773 g/mol. The number of anilines is 3. The highest BCUT2D eigenvalue weighted by atomic mass is 32.1. The van der Waals surface area contributed by atoms with Gasteiger partial charge in [-0.2, -0.15) is 0 Å². The van der Waals surface area contributed by atoms with Gasteiger partial charge in [-0.15, -0.1) is 11.3 Å². The van der Waals surface area contributed by atoms with Crippen molar-refractivity contribution in [3.8, 4) is 39.1 Å². The van der Waals surface area contributed by atoms with E-state index in [0.717, 1.165) is 17.1 Å². The third-order valence-corrected chi connectivity index (χ3v) is 13.1. The van der Waals surface area contributed by atoms with Gasteiger partial charge in [-0.05, 0) is 120 Å². The van der Waals surface area contributed by atoms with Gasteiger partial charge in [0.2, 0.25) is 0 Å². The number of rotatable bonds is 7. The molecule has 0 atom stereocenters. The molecule has 0 aliphatic rings. The van der Waals surface area contributed by atoms with Gasteiger partial charge in [0.05, 0.1) is 11.0 Å². The molecule has 0 bridgehead atoms. The molecule has 0 N–H and O–H groups in total. The molecular formula is C56H40N2S. The van der Waals surface area contributed by atoms with Crippen molar-refractivity contribution in [3.05, 3.63) is 217 Å². The van der Waals surface area contributed by atoms with Gasteiger partial charge < -0.3 is 9.47 Å². The van der Waals surface area contributed by atoms with Gasteiger partial charge in [-0.1, -0.05) is 140 Å². The zero-order valence-corrected chi connectivity index (χ0v) is 33.7. The fourth-order valence-corrected chi connectivity index (χ4v) is 10.2. The second kappa shape index (κ2) is 14.3. The number of fused-ring (bicyclic) bond motifs is 7. The highest BCUT2D eigenvalue weighted by Gasteiger charge is 2.22. The Balaban J connectivity index is 1.10. The van der Waals surface area contributed by atoms with Gasteiger partial charge in [0.25, 0.3) is 0 Å². The number of aromatic nitrogens is 1. The summed E-state index contributed by atoms with van der Waals surface area (Å²) in [6.07, 6.45) is 0. The Morgan fingerprint density at radius 1 is 0.407 bits per heavy atom. The topological polar surface area (TPSA) is 8.17 Å². The zero-order valence-electron chi connectivity index (χ0n) is 32.9. The Morgan fingerprint density at radius 3 is 1.73 bits per heavy atom. The standard InChI is InChI=1S/C56H40N2S/c1-37-15-9-10-20-46(37)49-35-45(30-25-38(49)2)57(43-31-26-40(27-32-43)39-16-5-3-6-17-39)44-33-28-41(29-34-44)50-36-51-47-21-11-13-23-52(47)58(42-18-7-4-8-19-42)55(51)54-48-22-12-14-24-53(48)59-56(50)54/h3-36H,1-2H3. The minimum atomic E-state index is 1.11. The van der Waals surface area contributed by atoms with E-state index in [9.17, 15) is 0 Å². The third-order valence-electron chi connectivity index (χ3n) is 11.9. The predicted molar refractivity (Wildman–Crippen MR) is 254 cm³/mol. The summed E-state index contributed by atoms with van der Waals surface area (Å²) < 4.78 is 5.07. The lowest BCUT2D eigenvalue weighted by molar-refractivity contribution is 1.19. The Morgan fingerprint density at radius 2 is 0.983 bits per heavy atom. The van der Waals surface area contributed by atoms with E-state index in [1.54, 1.807) is 0 Å². The molecule has 0 amide bonds. The zero-order chi connectivity index (χ0) is 39.5. The number of nitrogens with zero attached hydrogens (tertiary/aromatic N) is 2. The molecule has 0 radical (unpaired) electrons. The Labute approximate surface area is 348 Å². The molecule has 0 unspecified atom stereocenters. The second-order valence-corrected chi connectivity index (χ2v) is 16.5. The van der Waals surface area contributed by atoms with Crippen LogP contribution in [0.5, 0.6) is 0 Å². The molecule has 0 aliphatic carbocycles. The molecule has 0 saturated carbocycles. The van der Waals surface area contributed by atoms with Gasteiger partial charge in [0.1, 0.15) is 0 Å². The summed E-state index contributed by atoms with van der Waals surface area (Å²) in [4.78, 5) is 2.39. The quantitative estimate of drug-likeness (QED) is 0.157. The minimum absolute atomic E-state index is 1.11. The van der Waals surface area contributed by atoms with Gasteiger partial charge >= 0.3 is 0 Å². The molecule has 0 aliphatic heterocycles. The van der Waals surface area contributed by atoms with Gasteiger partial charge in [-0.25, -0.2) is 0 Å². The molecule has 280 valence electrons. The molecule has 0 fully saturated rings. The summed E-state index contributed by atoms with van der Waals surface area (Å²) in [5.74, 6) is 0. The molecule has 3 heteroatoms. The number of hydrogen-bond donors (Lipinski definition) is 0. The molecule has 0 spiro atoms. The SMILES string of the molecule is Cc1ccccc1-c1cc(N(c2ccc(-c3ccccc3)cc2)c2ccc(-c3cc4c5ccccc5n(-c5ccccc5)c4c4c3sc3ccccc34)cc2)ccc1C. The predicted octanol–water partition coefficient (Wildman–Crippen LogP) is 16.2. The van der Waals surface area contributed by atoms with Crippen LogP contribution < -0.4 is 4.90 Å². The summed E-state index contributed by atoms with van der Waals surface area (Å²) in [5.41, 5.74) is 16.9. The second-order valence-electron chi connectivity index (χ2n) is 15.4. The van der Waals surface area contributed by atoms with E-state index in [1.165, 1.54) is 92.2 Å². The van der Waals surface area contributed by atoms with Crippen LogP contribution in [0.25, 0.3) is 81.0 Å². The number of hydrogen-bond acceptors (Lipinski definition) is 2. The van der Waals surface area contributed by atoms with Crippen molar-refractivity contribution in [3.63, 3.8) is 0 Å². The molecule has 2 aromatic heterocycles. The van der Waals surface area contributed by atoms with Crippen LogP contribution in [0.2, 0.25) is 0 Å². The molecule has 9 aromatic carbocycles. The summed E-state index contributed by atoms with van der Waals surface area (Å²) in [6.45, 7) is 4.41. The van der Waals surface area contributed by atoms with Crippen LogP contribution in [0.15, 0.2) is 206 Å². The molecule has 11 aromatic rings. The van der Waals surface area contributed by atoms with Crippen molar-refractivity contribution >= 4 is 70.4 Å². The molecule has 2 heterocycles. The lowest BCUT2D eigenvalue weighted by Crippen LogP contribution is -2.10. The Bertz CT molecular complexity index is 3320. The van der Waals surface area contributed by atoms with Gasteiger partial charge in [0, 0.05) is 59.3 Å². The molecule has 0 saturated heterocycles. The fraction of sp³-hybridized carbons (Fsp3) is 0.0357. The van der Waals surface area contributed by atoms with E-state index in [1.807, 2.05) is 11.3 Å². The first-order valence-electron chi connectivity index (χ1n) is 20.3. The van der Waals surface area contributed by atoms with E-state index in [-0.39, 0.29) is 0 Å². The smallest absolute Gasteiger partial charge is 0.0634 e. The van der Waals surface area contributed by atoms with Crippen molar-refractivity contribution < 1.29 is 0 Å².